The average Bonchev–Trinajstić information content (AvgIpc) is 2.39. The second kappa shape index (κ2) is 6.15. The molecule has 0 amide bonds. The first kappa shape index (κ1) is 14.7. The van der Waals surface area contributed by atoms with Crippen molar-refractivity contribution in [3.05, 3.63) is 0 Å². The normalized spacial score (nSPS) is 28.2. The van der Waals surface area contributed by atoms with Crippen molar-refractivity contribution in [3.8, 4) is 0 Å². The van der Waals surface area contributed by atoms with Gasteiger partial charge in [-0.3, -0.25) is 0 Å². The summed E-state index contributed by atoms with van der Waals surface area (Å²) in [4.78, 5) is 0. The van der Waals surface area contributed by atoms with Gasteiger partial charge in [0.15, 0.2) is 0 Å². The Morgan fingerprint density at radius 2 is 1.72 bits per heavy atom. The monoisotopic (exact) mass is 272 g/mol. The van der Waals surface area contributed by atoms with E-state index in [4.69, 9.17) is 9.47 Å². The molecule has 0 radical (unpaired) electrons. The van der Waals surface area contributed by atoms with Gasteiger partial charge in [0.25, 0.3) is 0 Å². The highest BCUT2D eigenvalue weighted by Gasteiger charge is 2.34. The van der Waals surface area contributed by atoms with Gasteiger partial charge in [-0.05, 0) is 49.7 Å². The third-order valence-electron chi connectivity index (χ3n) is 4.80. The zero-order valence-corrected chi connectivity index (χ0v) is 12.8. The van der Waals surface area contributed by atoms with Crippen LogP contribution in [-0.4, -0.2) is 31.7 Å². The minimum atomic E-state index is 0.272. The predicted octanol–water partition coefficient (Wildman–Crippen LogP) is 3.70. The Balaban J connectivity index is 1.76. The second-order valence-corrected chi connectivity index (χ2v) is 7.26. The first-order chi connectivity index (χ1) is 8.55. The molecule has 0 unspecified atom stereocenters. The van der Waals surface area contributed by atoms with Crippen LogP contribution in [0.25, 0.3) is 0 Å². The molecule has 1 aliphatic carbocycles. The molecule has 0 aromatic carbocycles. The van der Waals surface area contributed by atoms with Crippen molar-refractivity contribution >= 4 is 12.6 Å². The van der Waals surface area contributed by atoms with Gasteiger partial charge in [-0.1, -0.05) is 13.8 Å². The summed E-state index contributed by atoms with van der Waals surface area (Å²) in [5.41, 5.74) is 0.800. The van der Waals surface area contributed by atoms with Gasteiger partial charge in [0.2, 0.25) is 0 Å². The lowest BCUT2D eigenvalue weighted by Gasteiger charge is -2.39. The maximum atomic E-state index is 6.21. The van der Waals surface area contributed by atoms with Crippen LogP contribution in [0.4, 0.5) is 0 Å². The predicted molar refractivity (Wildman–Crippen MR) is 78.3 cm³/mol. The summed E-state index contributed by atoms with van der Waals surface area (Å²) in [5, 5.41) is 0. The molecule has 3 heteroatoms. The molecule has 0 N–H and O–H groups in total. The Kier molecular flexibility index (Phi) is 5.01. The van der Waals surface area contributed by atoms with Crippen LogP contribution in [0.2, 0.25) is 0 Å². The molecule has 106 valence electrons. The summed E-state index contributed by atoms with van der Waals surface area (Å²) < 4.78 is 11.7. The summed E-state index contributed by atoms with van der Waals surface area (Å²) in [6.07, 6.45) is 7.75. The van der Waals surface area contributed by atoms with E-state index in [0.29, 0.717) is 11.5 Å². The number of thiol groups is 1. The third kappa shape index (κ3) is 3.88. The standard InChI is InChI=1S/C15H28O2S/c1-14(2)5-3-13(4-6-14)17-11-15(12-18)7-9-16-10-8-15/h13,18H,3-12H2,1-2H3. The molecule has 0 spiro atoms. The Bertz CT molecular complexity index is 249. The largest absolute Gasteiger partial charge is 0.381 e. The van der Waals surface area contributed by atoms with Crippen molar-refractivity contribution in [3.63, 3.8) is 0 Å². The van der Waals surface area contributed by atoms with E-state index in [1.807, 2.05) is 0 Å². The van der Waals surface area contributed by atoms with Crippen LogP contribution in [0.5, 0.6) is 0 Å². The molecule has 2 rings (SSSR count). The molecule has 2 nitrogen and oxygen atoms in total. The maximum absolute atomic E-state index is 6.21. The van der Waals surface area contributed by atoms with Crippen LogP contribution >= 0.6 is 12.6 Å². The van der Waals surface area contributed by atoms with E-state index < -0.39 is 0 Å². The van der Waals surface area contributed by atoms with Crippen molar-refractivity contribution < 1.29 is 9.47 Å². The van der Waals surface area contributed by atoms with Crippen molar-refractivity contribution in [2.24, 2.45) is 10.8 Å². The Hall–Kier alpha value is 0.270. The van der Waals surface area contributed by atoms with E-state index in [1.165, 1.54) is 25.7 Å². The summed E-state index contributed by atoms with van der Waals surface area (Å²) in [7, 11) is 0. The quantitative estimate of drug-likeness (QED) is 0.787. The van der Waals surface area contributed by atoms with E-state index in [1.54, 1.807) is 0 Å². The molecule has 0 aromatic rings. The van der Waals surface area contributed by atoms with Gasteiger partial charge >= 0.3 is 0 Å². The number of rotatable bonds is 4. The van der Waals surface area contributed by atoms with Crippen LogP contribution in [0.1, 0.15) is 52.4 Å². The third-order valence-corrected chi connectivity index (χ3v) is 5.47. The van der Waals surface area contributed by atoms with Crippen LogP contribution in [0.15, 0.2) is 0 Å². The lowest BCUT2D eigenvalue weighted by atomic mass is 9.76. The Morgan fingerprint density at radius 3 is 2.28 bits per heavy atom. The zero-order valence-electron chi connectivity index (χ0n) is 11.9. The lowest BCUT2D eigenvalue weighted by molar-refractivity contribution is -0.0682. The maximum Gasteiger partial charge on any atom is 0.0575 e. The van der Waals surface area contributed by atoms with Crippen molar-refractivity contribution in [1.29, 1.82) is 0 Å². The summed E-state index contributed by atoms with van der Waals surface area (Å²) in [5.74, 6) is 0.925. The van der Waals surface area contributed by atoms with Gasteiger partial charge in [0.1, 0.15) is 0 Å². The molecule has 2 aliphatic rings. The average molecular weight is 272 g/mol. The SMILES string of the molecule is CC1(C)CCC(OCC2(CS)CCOCC2)CC1. The van der Waals surface area contributed by atoms with Crippen LogP contribution in [0, 0.1) is 10.8 Å². The fourth-order valence-electron chi connectivity index (χ4n) is 2.99. The smallest absolute Gasteiger partial charge is 0.0575 e. The molecule has 0 aromatic heterocycles. The van der Waals surface area contributed by atoms with Crippen molar-refractivity contribution in [2.75, 3.05) is 25.6 Å². The highest BCUT2D eigenvalue weighted by atomic mass is 32.1. The second-order valence-electron chi connectivity index (χ2n) is 6.95. The van der Waals surface area contributed by atoms with Gasteiger partial charge in [0.05, 0.1) is 12.7 Å². The van der Waals surface area contributed by atoms with Crippen LogP contribution in [0.3, 0.4) is 0 Å². The molecule has 1 heterocycles. The van der Waals surface area contributed by atoms with E-state index in [2.05, 4.69) is 26.5 Å². The lowest BCUT2D eigenvalue weighted by Crippen LogP contribution is -2.38. The summed E-state index contributed by atoms with van der Waals surface area (Å²) >= 11 is 4.54. The summed E-state index contributed by atoms with van der Waals surface area (Å²) in [6.45, 7) is 7.38. The van der Waals surface area contributed by atoms with E-state index >= 15 is 0 Å². The fraction of sp³-hybridized carbons (Fsp3) is 1.00. The van der Waals surface area contributed by atoms with Gasteiger partial charge in [-0.15, -0.1) is 0 Å². The number of ether oxygens (including phenoxy) is 2. The fourth-order valence-corrected chi connectivity index (χ4v) is 3.39. The van der Waals surface area contributed by atoms with Gasteiger partial charge in [0, 0.05) is 18.6 Å². The molecular formula is C15H28O2S. The van der Waals surface area contributed by atoms with Crippen molar-refractivity contribution in [1.82, 2.24) is 0 Å². The van der Waals surface area contributed by atoms with Gasteiger partial charge in [-0.25, -0.2) is 0 Å². The topological polar surface area (TPSA) is 18.5 Å². The highest BCUT2D eigenvalue weighted by molar-refractivity contribution is 7.80. The molecular weight excluding hydrogens is 244 g/mol. The number of hydrogen-bond donors (Lipinski definition) is 1. The zero-order chi connectivity index (χ0) is 13.1. The van der Waals surface area contributed by atoms with Gasteiger partial charge < -0.3 is 9.47 Å². The molecule has 1 saturated carbocycles. The van der Waals surface area contributed by atoms with Crippen LogP contribution in [-0.2, 0) is 9.47 Å². The van der Waals surface area contributed by atoms with E-state index in [9.17, 15) is 0 Å². The Morgan fingerprint density at radius 1 is 1.11 bits per heavy atom. The van der Waals surface area contributed by atoms with E-state index in [-0.39, 0.29) is 5.41 Å². The minimum absolute atomic E-state index is 0.272. The minimum Gasteiger partial charge on any atom is -0.381 e. The highest BCUT2D eigenvalue weighted by Crippen LogP contribution is 2.38. The molecule has 2 fully saturated rings. The Labute approximate surface area is 117 Å². The van der Waals surface area contributed by atoms with Crippen LogP contribution < -0.4 is 0 Å². The first-order valence-electron chi connectivity index (χ1n) is 7.36. The molecule has 0 bridgehead atoms. The first-order valence-corrected chi connectivity index (χ1v) is 7.99. The van der Waals surface area contributed by atoms with Crippen molar-refractivity contribution in [2.45, 2.75) is 58.5 Å². The molecule has 1 aliphatic heterocycles. The summed E-state index contributed by atoms with van der Waals surface area (Å²) in [6, 6.07) is 0. The molecule has 0 atom stereocenters. The molecule has 1 saturated heterocycles. The van der Waals surface area contributed by atoms with Gasteiger partial charge in [-0.2, -0.15) is 12.6 Å². The van der Waals surface area contributed by atoms with E-state index in [0.717, 1.165) is 38.4 Å². The molecule has 18 heavy (non-hydrogen) atoms. The number of hydrogen-bond acceptors (Lipinski definition) is 3.